The minimum Gasteiger partial charge on any atom is -0.349 e. The van der Waals surface area contributed by atoms with Crippen LogP contribution in [-0.4, -0.2) is 28.6 Å². The SMILES string of the molecule is CC(=O)c1ccc(NC(=O)c2cncc(C(=O)NC3CCCC3)c2)cc1. The third-order valence-electron chi connectivity index (χ3n) is 4.50. The molecule has 3 rings (SSSR count). The van der Waals surface area contributed by atoms with E-state index in [2.05, 4.69) is 15.6 Å². The van der Waals surface area contributed by atoms with E-state index in [4.69, 9.17) is 0 Å². The molecule has 1 fully saturated rings. The second kappa shape index (κ2) is 7.91. The molecule has 0 atom stereocenters. The standard InChI is InChI=1S/C20H21N3O3/c1-13(24)14-6-8-18(9-7-14)23-20(26)16-10-15(11-21-12-16)19(25)22-17-4-2-3-5-17/h6-12,17H,2-5H2,1H3,(H,22,25)(H,23,26). The van der Waals surface area contributed by atoms with Crippen molar-refractivity contribution in [1.29, 1.82) is 0 Å². The molecule has 0 aliphatic heterocycles. The minimum atomic E-state index is -0.358. The predicted molar refractivity (Wildman–Crippen MR) is 98.4 cm³/mol. The molecule has 2 aromatic rings. The number of aromatic nitrogens is 1. The fourth-order valence-electron chi connectivity index (χ4n) is 3.02. The topological polar surface area (TPSA) is 88.2 Å². The summed E-state index contributed by atoms with van der Waals surface area (Å²) in [5.41, 5.74) is 1.83. The maximum atomic E-state index is 12.4. The van der Waals surface area contributed by atoms with E-state index in [1.165, 1.54) is 25.4 Å². The Kier molecular flexibility index (Phi) is 5.41. The number of carbonyl (C=O) groups excluding carboxylic acids is 3. The average molecular weight is 351 g/mol. The maximum absolute atomic E-state index is 12.4. The van der Waals surface area contributed by atoms with Gasteiger partial charge in [0.15, 0.2) is 5.78 Å². The van der Waals surface area contributed by atoms with E-state index in [9.17, 15) is 14.4 Å². The number of anilines is 1. The highest BCUT2D eigenvalue weighted by molar-refractivity contribution is 6.06. The Labute approximate surface area is 152 Å². The van der Waals surface area contributed by atoms with Crippen molar-refractivity contribution >= 4 is 23.3 Å². The highest BCUT2D eigenvalue weighted by atomic mass is 16.2. The molecule has 6 heteroatoms. The molecule has 0 radical (unpaired) electrons. The first-order chi connectivity index (χ1) is 12.5. The summed E-state index contributed by atoms with van der Waals surface area (Å²) >= 11 is 0. The molecule has 0 spiro atoms. The zero-order valence-corrected chi connectivity index (χ0v) is 14.6. The normalized spacial score (nSPS) is 14.0. The first-order valence-corrected chi connectivity index (χ1v) is 8.71. The molecular formula is C20H21N3O3. The average Bonchev–Trinajstić information content (AvgIpc) is 3.15. The lowest BCUT2D eigenvalue weighted by molar-refractivity contribution is 0.0936. The van der Waals surface area contributed by atoms with Crippen LogP contribution in [0.1, 0.15) is 63.7 Å². The number of nitrogens with one attached hydrogen (secondary N) is 2. The third-order valence-corrected chi connectivity index (χ3v) is 4.50. The van der Waals surface area contributed by atoms with Gasteiger partial charge in [-0.15, -0.1) is 0 Å². The molecule has 134 valence electrons. The van der Waals surface area contributed by atoms with Crippen LogP contribution >= 0.6 is 0 Å². The van der Waals surface area contributed by atoms with Crippen molar-refractivity contribution in [2.24, 2.45) is 0 Å². The van der Waals surface area contributed by atoms with Crippen LogP contribution in [0.15, 0.2) is 42.7 Å². The van der Waals surface area contributed by atoms with E-state index < -0.39 is 0 Å². The van der Waals surface area contributed by atoms with Crippen LogP contribution in [0.3, 0.4) is 0 Å². The van der Waals surface area contributed by atoms with Crippen molar-refractivity contribution in [2.45, 2.75) is 38.6 Å². The van der Waals surface area contributed by atoms with Crippen molar-refractivity contribution in [2.75, 3.05) is 5.32 Å². The smallest absolute Gasteiger partial charge is 0.257 e. The van der Waals surface area contributed by atoms with Crippen LogP contribution in [-0.2, 0) is 0 Å². The van der Waals surface area contributed by atoms with Gasteiger partial charge in [-0.3, -0.25) is 19.4 Å². The van der Waals surface area contributed by atoms with Gasteiger partial charge in [0.25, 0.3) is 11.8 Å². The molecule has 0 bridgehead atoms. The largest absolute Gasteiger partial charge is 0.349 e. The third kappa shape index (κ3) is 4.33. The fraction of sp³-hybridized carbons (Fsp3) is 0.300. The van der Waals surface area contributed by atoms with Gasteiger partial charge in [0.1, 0.15) is 0 Å². The number of ketones is 1. The first-order valence-electron chi connectivity index (χ1n) is 8.71. The number of benzene rings is 1. The molecule has 2 N–H and O–H groups in total. The summed E-state index contributed by atoms with van der Waals surface area (Å²) in [6.45, 7) is 1.49. The van der Waals surface area contributed by atoms with E-state index in [0.717, 1.165) is 25.7 Å². The Hall–Kier alpha value is -3.02. The Morgan fingerprint density at radius 3 is 2.15 bits per heavy atom. The van der Waals surface area contributed by atoms with E-state index in [1.54, 1.807) is 24.3 Å². The number of amides is 2. The molecule has 0 unspecified atom stereocenters. The van der Waals surface area contributed by atoms with Crippen molar-refractivity contribution in [1.82, 2.24) is 10.3 Å². The highest BCUT2D eigenvalue weighted by Crippen LogP contribution is 2.18. The second-order valence-electron chi connectivity index (χ2n) is 6.50. The minimum absolute atomic E-state index is 0.0342. The summed E-state index contributed by atoms with van der Waals surface area (Å²) in [5, 5.41) is 5.73. The predicted octanol–water partition coefficient (Wildman–Crippen LogP) is 3.21. The van der Waals surface area contributed by atoms with Crippen molar-refractivity contribution < 1.29 is 14.4 Å². The van der Waals surface area contributed by atoms with Crippen LogP contribution in [0.2, 0.25) is 0 Å². The lowest BCUT2D eigenvalue weighted by atomic mass is 10.1. The maximum Gasteiger partial charge on any atom is 0.257 e. The fourth-order valence-corrected chi connectivity index (χ4v) is 3.02. The van der Waals surface area contributed by atoms with Gasteiger partial charge in [0.05, 0.1) is 11.1 Å². The van der Waals surface area contributed by atoms with Crippen LogP contribution in [0.25, 0.3) is 0 Å². The molecule has 0 saturated heterocycles. The number of hydrogen-bond donors (Lipinski definition) is 2. The van der Waals surface area contributed by atoms with E-state index >= 15 is 0 Å². The molecule has 1 aliphatic carbocycles. The lowest BCUT2D eigenvalue weighted by Crippen LogP contribution is -2.32. The zero-order valence-electron chi connectivity index (χ0n) is 14.6. The summed E-state index contributed by atoms with van der Waals surface area (Å²) < 4.78 is 0. The summed E-state index contributed by atoms with van der Waals surface area (Å²) in [5.74, 6) is -0.596. The monoisotopic (exact) mass is 351 g/mol. The van der Waals surface area contributed by atoms with Crippen LogP contribution < -0.4 is 10.6 Å². The number of nitrogens with zero attached hydrogens (tertiary/aromatic N) is 1. The van der Waals surface area contributed by atoms with Crippen LogP contribution in [0, 0.1) is 0 Å². The Morgan fingerprint density at radius 2 is 1.54 bits per heavy atom. The molecule has 1 aliphatic rings. The highest BCUT2D eigenvalue weighted by Gasteiger charge is 2.19. The van der Waals surface area contributed by atoms with Gasteiger partial charge in [-0.1, -0.05) is 12.8 Å². The van der Waals surface area contributed by atoms with Gasteiger partial charge in [0, 0.05) is 29.7 Å². The van der Waals surface area contributed by atoms with Crippen molar-refractivity contribution in [3.63, 3.8) is 0 Å². The van der Waals surface area contributed by atoms with E-state index in [0.29, 0.717) is 22.4 Å². The summed E-state index contributed by atoms with van der Waals surface area (Å²) in [7, 11) is 0. The second-order valence-corrected chi connectivity index (χ2v) is 6.50. The molecule has 1 heterocycles. The molecular weight excluding hydrogens is 330 g/mol. The Balaban J connectivity index is 1.67. The van der Waals surface area contributed by atoms with Gasteiger partial charge >= 0.3 is 0 Å². The van der Waals surface area contributed by atoms with E-state index in [1.807, 2.05) is 0 Å². The summed E-state index contributed by atoms with van der Waals surface area (Å²) in [6, 6.07) is 8.39. The van der Waals surface area contributed by atoms with Crippen molar-refractivity contribution in [3.05, 3.63) is 59.4 Å². The van der Waals surface area contributed by atoms with Crippen molar-refractivity contribution in [3.8, 4) is 0 Å². The number of rotatable bonds is 5. The molecule has 2 amide bonds. The quantitative estimate of drug-likeness (QED) is 0.810. The molecule has 26 heavy (non-hydrogen) atoms. The summed E-state index contributed by atoms with van der Waals surface area (Å²) in [6.07, 6.45) is 7.14. The van der Waals surface area contributed by atoms with Gasteiger partial charge in [0.2, 0.25) is 0 Å². The van der Waals surface area contributed by atoms with E-state index in [-0.39, 0.29) is 23.6 Å². The summed E-state index contributed by atoms with van der Waals surface area (Å²) in [4.78, 5) is 40.0. The Morgan fingerprint density at radius 1 is 0.923 bits per heavy atom. The van der Waals surface area contributed by atoms with Gasteiger partial charge in [-0.05, 0) is 50.1 Å². The number of pyridine rings is 1. The van der Waals surface area contributed by atoms with Crippen LogP contribution in [0.5, 0.6) is 0 Å². The molecule has 6 nitrogen and oxygen atoms in total. The number of Topliss-reactive ketones (excluding diaryl/α,β-unsaturated/α-hetero) is 1. The van der Waals surface area contributed by atoms with Crippen LogP contribution in [0.4, 0.5) is 5.69 Å². The zero-order chi connectivity index (χ0) is 18.5. The Bertz CT molecular complexity index is 824. The molecule has 1 saturated carbocycles. The molecule has 1 aromatic heterocycles. The lowest BCUT2D eigenvalue weighted by Gasteiger charge is -2.12. The van der Waals surface area contributed by atoms with Gasteiger partial charge in [-0.25, -0.2) is 0 Å². The number of hydrogen-bond acceptors (Lipinski definition) is 4. The molecule has 1 aromatic carbocycles. The number of carbonyl (C=O) groups is 3. The first kappa shape index (κ1) is 17.8. The van der Waals surface area contributed by atoms with Gasteiger partial charge < -0.3 is 10.6 Å². The van der Waals surface area contributed by atoms with Gasteiger partial charge in [-0.2, -0.15) is 0 Å².